The third-order valence-corrected chi connectivity index (χ3v) is 7.70. The molecule has 0 saturated heterocycles. The third-order valence-electron chi connectivity index (χ3n) is 7.70. The molecule has 0 saturated carbocycles. The van der Waals surface area contributed by atoms with Crippen molar-refractivity contribution in [1.29, 1.82) is 0 Å². The number of aromatic nitrogens is 3. The number of carbonyl (C=O) groups excluding carboxylic acids is 2. The maximum atomic E-state index is 13.2. The van der Waals surface area contributed by atoms with Gasteiger partial charge in [0.05, 0.1) is 25.7 Å². The lowest BCUT2D eigenvalue weighted by Crippen LogP contribution is -2.56. The summed E-state index contributed by atoms with van der Waals surface area (Å²) in [7, 11) is 0. The summed E-state index contributed by atoms with van der Waals surface area (Å²) in [5.74, 6) is -2.80. The van der Waals surface area contributed by atoms with E-state index in [4.69, 9.17) is 9.47 Å². The molecule has 0 radical (unpaired) electrons. The number of aliphatic hydroxyl groups excluding tert-OH is 5. The fourth-order valence-electron chi connectivity index (χ4n) is 4.05. The molecule has 5 N–H and O–H groups in total. The number of carbonyl (C=O) groups is 2. The van der Waals surface area contributed by atoms with Crippen molar-refractivity contribution in [2.75, 3.05) is 6.61 Å². The Labute approximate surface area is 249 Å². The van der Waals surface area contributed by atoms with E-state index in [9.17, 15) is 49.5 Å². The fourth-order valence-corrected chi connectivity index (χ4v) is 4.05. The van der Waals surface area contributed by atoms with Crippen molar-refractivity contribution in [3.05, 3.63) is 44.1 Å². The summed E-state index contributed by atoms with van der Waals surface area (Å²) in [4.78, 5) is 63.3. The zero-order valence-corrected chi connectivity index (χ0v) is 25.8. The smallest absolute Gasteiger partial charge is 0.338 e. The highest BCUT2D eigenvalue weighted by Gasteiger charge is 2.38. The minimum Gasteiger partial charge on any atom is -0.461 e. The van der Waals surface area contributed by atoms with Crippen molar-refractivity contribution in [3.8, 4) is 0 Å². The molecule has 0 aromatic carbocycles. The monoisotopic (exact) mass is 617 g/mol. The quantitative estimate of drug-likeness (QED) is 0.0954. The SMILES string of the molecule is C=CCn1c(=O)n(CC(O)COC(=O)C(O)C(O)C(O)C(=O)OC(C)(C)CC)c(=O)n(CC(O)CC(C)(CC)CC)c1=O. The molecule has 1 aromatic heterocycles. The third kappa shape index (κ3) is 10.2. The van der Waals surface area contributed by atoms with Gasteiger partial charge in [-0.1, -0.05) is 46.6 Å². The van der Waals surface area contributed by atoms with Crippen LogP contribution in [0.1, 0.15) is 67.2 Å². The highest BCUT2D eigenvalue weighted by Crippen LogP contribution is 2.31. The summed E-state index contributed by atoms with van der Waals surface area (Å²) in [6.45, 7) is 11.9. The molecule has 0 fully saturated rings. The number of ether oxygens (including phenoxy) is 2. The van der Waals surface area contributed by atoms with Gasteiger partial charge in [0.25, 0.3) is 0 Å². The van der Waals surface area contributed by atoms with Gasteiger partial charge in [-0.3, -0.25) is 0 Å². The van der Waals surface area contributed by atoms with Gasteiger partial charge in [0, 0.05) is 0 Å². The topological polar surface area (TPSA) is 220 Å². The molecule has 43 heavy (non-hydrogen) atoms. The Bertz CT molecular complexity index is 1280. The Morgan fingerprint density at radius 1 is 0.791 bits per heavy atom. The molecule has 246 valence electrons. The molecule has 0 aliphatic heterocycles. The molecule has 15 heteroatoms. The first-order valence-corrected chi connectivity index (χ1v) is 14.2. The molecule has 0 aliphatic carbocycles. The van der Waals surface area contributed by atoms with Gasteiger partial charge in [0.1, 0.15) is 24.4 Å². The molecule has 0 aliphatic rings. The van der Waals surface area contributed by atoms with Crippen LogP contribution >= 0.6 is 0 Å². The molecule has 0 spiro atoms. The summed E-state index contributed by atoms with van der Waals surface area (Å²) in [5.41, 5.74) is -4.40. The molecule has 1 heterocycles. The molecule has 0 bridgehead atoms. The van der Waals surface area contributed by atoms with Crippen molar-refractivity contribution in [3.63, 3.8) is 0 Å². The van der Waals surface area contributed by atoms with Crippen LogP contribution in [0.3, 0.4) is 0 Å². The molecule has 15 nitrogen and oxygen atoms in total. The Morgan fingerprint density at radius 3 is 1.72 bits per heavy atom. The van der Waals surface area contributed by atoms with Gasteiger partial charge in [0.2, 0.25) is 0 Å². The van der Waals surface area contributed by atoms with E-state index in [1.807, 2.05) is 20.8 Å². The molecular weight excluding hydrogens is 570 g/mol. The maximum absolute atomic E-state index is 13.2. The van der Waals surface area contributed by atoms with E-state index >= 15 is 0 Å². The first kappa shape index (κ1) is 37.9. The molecule has 5 unspecified atom stereocenters. The Balaban J connectivity index is 3.10. The number of allylic oxidation sites excluding steroid dienone is 1. The summed E-state index contributed by atoms with van der Waals surface area (Å²) in [6.07, 6.45) is -6.44. The van der Waals surface area contributed by atoms with Crippen molar-refractivity contribution < 1.29 is 44.6 Å². The van der Waals surface area contributed by atoms with Gasteiger partial charge >= 0.3 is 29.0 Å². The summed E-state index contributed by atoms with van der Waals surface area (Å²) < 4.78 is 11.7. The number of hydrogen-bond acceptors (Lipinski definition) is 12. The lowest BCUT2D eigenvalue weighted by atomic mass is 9.79. The minimum atomic E-state index is -2.41. The van der Waals surface area contributed by atoms with Crippen molar-refractivity contribution in [2.24, 2.45) is 5.41 Å². The molecule has 5 atom stereocenters. The van der Waals surface area contributed by atoms with E-state index in [0.717, 1.165) is 12.8 Å². The van der Waals surface area contributed by atoms with E-state index in [0.29, 0.717) is 20.1 Å². The normalized spacial score (nSPS) is 15.7. The second-order valence-corrected chi connectivity index (χ2v) is 11.5. The number of esters is 2. The number of rotatable bonds is 18. The van der Waals surface area contributed by atoms with E-state index < -0.39 is 84.8 Å². The van der Waals surface area contributed by atoms with Gasteiger partial charge in [0.15, 0.2) is 12.2 Å². The summed E-state index contributed by atoms with van der Waals surface area (Å²) in [6, 6.07) is 0. The molecule has 1 rings (SSSR count). The lowest BCUT2D eigenvalue weighted by Gasteiger charge is -2.29. The Morgan fingerprint density at radius 2 is 1.26 bits per heavy atom. The van der Waals surface area contributed by atoms with Crippen LogP contribution in [0.2, 0.25) is 0 Å². The van der Waals surface area contributed by atoms with Gasteiger partial charge in [-0.15, -0.1) is 6.58 Å². The van der Waals surface area contributed by atoms with Crippen LogP contribution < -0.4 is 17.1 Å². The van der Waals surface area contributed by atoms with E-state index in [1.165, 1.54) is 6.08 Å². The average molecular weight is 618 g/mol. The van der Waals surface area contributed by atoms with Crippen molar-refractivity contribution in [2.45, 2.75) is 123 Å². The first-order valence-electron chi connectivity index (χ1n) is 14.2. The minimum absolute atomic E-state index is 0.252. The van der Waals surface area contributed by atoms with Crippen molar-refractivity contribution >= 4 is 11.9 Å². The average Bonchev–Trinajstić information content (AvgIpc) is 2.96. The largest absolute Gasteiger partial charge is 0.461 e. The number of hydrogen-bond donors (Lipinski definition) is 5. The lowest BCUT2D eigenvalue weighted by molar-refractivity contribution is -0.183. The molecule has 1 aromatic rings. The predicted molar refractivity (Wildman–Crippen MR) is 154 cm³/mol. The van der Waals surface area contributed by atoms with Crippen LogP contribution in [0.15, 0.2) is 27.0 Å². The van der Waals surface area contributed by atoms with Crippen LogP contribution in [0.5, 0.6) is 0 Å². The van der Waals surface area contributed by atoms with Crippen molar-refractivity contribution in [1.82, 2.24) is 13.7 Å². The van der Waals surface area contributed by atoms with Crippen LogP contribution in [-0.4, -0.2) is 93.9 Å². The van der Waals surface area contributed by atoms with E-state index in [2.05, 4.69) is 6.58 Å². The fraction of sp³-hybridized carbons (Fsp3) is 0.750. The Hall–Kier alpha value is -3.11. The van der Waals surface area contributed by atoms with Crippen LogP contribution in [-0.2, 0) is 38.7 Å². The van der Waals surface area contributed by atoms with Gasteiger partial charge in [-0.25, -0.2) is 37.7 Å². The van der Waals surface area contributed by atoms with Crippen LogP contribution in [0.4, 0.5) is 0 Å². The van der Waals surface area contributed by atoms with E-state index in [1.54, 1.807) is 20.8 Å². The first-order chi connectivity index (χ1) is 19.9. The van der Waals surface area contributed by atoms with Crippen LogP contribution in [0, 0.1) is 5.41 Å². The zero-order chi connectivity index (χ0) is 33.3. The molecular formula is C28H47N3O12. The zero-order valence-electron chi connectivity index (χ0n) is 25.8. The summed E-state index contributed by atoms with van der Waals surface area (Å²) in [5, 5.41) is 51.3. The van der Waals surface area contributed by atoms with Gasteiger partial charge in [-0.05, 0) is 32.1 Å². The van der Waals surface area contributed by atoms with E-state index in [-0.39, 0.29) is 18.4 Å². The summed E-state index contributed by atoms with van der Waals surface area (Å²) >= 11 is 0. The standard InChI is InChI=1S/C28H47N3O12/c1-8-12-29-24(39)30(14-17(32)13-28(7,10-3)11-4)26(41)31(25(29)40)15-18(33)16-42-22(37)20(35)19(34)21(36)23(38)43-27(5,6)9-2/h8,17-21,32-36H,1,9-16H2,2-7H3. The molecule has 0 amide bonds. The van der Waals surface area contributed by atoms with Gasteiger partial charge in [-0.2, -0.15) is 0 Å². The number of aliphatic hydroxyl groups is 5. The van der Waals surface area contributed by atoms with Crippen LogP contribution in [0.25, 0.3) is 0 Å². The second-order valence-electron chi connectivity index (χ2n) is 11.5. The Kier molecular flexibility index (Phi) is 14.2. The maximum Gasteiger partial charge on any atom is 0.338 e. The predicted octanol–water partition coefficient (Wildman–Crippen LogP) is -1.35. The highest BCUT2D eigenvalue weighted by atomic mass is 16.6. The number of nitrogens with zero attached hydrogens (tertiary/aromatic N) is 3. The second kappa shape index (κ2) is 16.1. The highest BCUT2D eigenvalue weighted by molar-refractivity contribution is 5.80. The van der Waals surface area contributed by atoms with Gasteiger partial charge < -0.3 is 35.0 Å².